The number of halogens is 4. The van der Waals surface area contributed by atoms with Crippen LogP contribution in [0.15, 0.2) is 4.99 Å². The summed E-state index contributed by atoms with van der Waals surface area (Å²) in [4.78, 5) is 8.79. The first-order valence-corrected chi connectivity index (χ1v) is 8.40. The fraction of sp³-hybridized carbons (Fsp3) is 0.933. The lowest BCUT2D eigenvalue weighted by Crippen LogP contribution is -2.52. The molecule has 0 aromatic rings. The standard InChI is InChI=1S/C15H25F3N4O.HI/c16-15(17,18)11-1-3-21(4-2-11)13-9-12(10-13)20-14(19)22-5-7-23-8-6-22;/h11-13H,1-10H2,(H2,19,20);1H. The molecule has 0 aromatic carbocycles. The minimum absolute atomic E-state index is 0. The molecule has 1 aliphatic carbocycles. The Bertz CT molecular complexity index is 429. The average molecular weight is 462 g/mol. The van der Waals surface area contributed by atoms with Crippen LogP contribution in [-0.2, 0) is 4.74 Å². The van der Waals surface area contributed by atoms with Crippen LogP contribution in [0.4, 0.5) is 13.2 Å². The quantitative estimate of drug-likeness (QED) is 0.388. The normalized spacial score (nSPS) is 30.6. The second-order valence-electron chi connectivity index (χ2n) is 6.72. The van der Waals surface area contributed by atoms with Crippen molar-refractivity contribution < 1.29 is 17.9 Å². The number of nitrogens with two attached hydrogens (primary N) is 1. The van der Waals surface area contributed by atoms with Crippen LogP contribution in [0, 0.1) is 5.92 Å². The number of rotatable bonds is 2. The molecule has 5 nitrogen and oxygen atoms in total. The summed E-state index contributed by atoms with van der Waals surface area (Å²) in [6, 6.07) is 0.582. The van der Waals surface area contributed by atoms with Gasteiger partial charge in [-0.3, -0.25) is 0 Å². The van der Waals surface area contributed by atoms with Crippen molar-refractivity contribution in [2.75, 3.05) is 39.4 Å². The van der Waals surface area contributed by atoms with E-state index >= 15 is 0 Å². The van der Waals surface area contributed by atoms with Gasteiger partial charge >= 0.3 is 6.18 Å². The Hall–Kier alpha value is -0.290. The first-order valence-electron chi connectivity index (χ1n) is 8.40. The molecule has 1 saturated carbocycles. The molecular weight excluding hydrogens is 436 g/mol. The SMILES string of the molecule is I.NC(=NC1CC(N2CCC(C(F)(F)F)CC2)C1)N1CCOCC1. The van der Waals surface area contributed by atoms with Crippen molar-refractivity contribution in [3.63, 3.8) is 0 Å². The summed E-state index contributed by atoms with van der Waals surface area (Å²) < 4.78 is 43.3. The van der Waals surface area contributed by atoms with Crippen LogP contribution in [0.1, 0.15) is 25.7 Å². The van der Waals surface area contributed by atoms with Crippen molar-refractivity contribution in [3.8, 4) is 0 Å². The van der Waals surface area contributed by atoms with Crippen LogP contribution < -0.4 is 5.73 Å². The van der Waals surface area contributed by atoms with E-state index in [1.807, 2.05) is 4.90 Å². The van der Waals surface area contributed by atoms with Crippen molar-refractivity contribution in [2.24, 2.45) is 16.6 Å². The first-order chi connectivity index (χ1) is 10.9. The number of aliphatic imine (C=N–C) groups is 1. The fourth-order valence-electron chi connectivity index (χ4n) is 3.62. The van der Waals surface area contributed by atoms with Gasteiger partial charge in [-0.2, -0.15) is 13.2 Å². The lowest BCUT2D eigenvalue weighted by Gasteiger charge is -2.45. The number of piperidine rings is 1. The molecule has 0 radical (unpaired) electrons. The highest BCUT2D eigenvalue weighted by atomic mass is 127. The smallest absolute Gasteiger partial charge is 0.378 e. The zero-order chi connectivity index (χ0) is 16.4. The highest BCUT2D eigenvalue weighted by Crippen LogP contribution is 2.37. The largest absolute Gasteiger partial charge is 0.391 e. The highest BCUT2D eigenvalue weighted by Gasteiger charge is 2.43. The Balaban J connectivity index is 0.00000208. The lowest BCUT2D eigenvalue weighted by molar-refractivity contribution is -0.187. The van der Waals surface area contributed by atoms with Gasteiger partial charge in [0, 0.05) is 19.1 Å². The summed E-state index contributed by atoms with van der Waals surface area (Å²) in [5.74, 6) is -0.544. The van der Waals surface area contributed by atoms with E-state index in [2.05, 4.69) is 9.89 Å². The Morgan fingerprint density at radius 2 is 1.62 bits per heavy atom. The molecule has 0 amide bonds. The molecule has 3 rings (SSSR count). The predicted molar refractivity (Wildman–Crippen MR) is 96.6 cm³/mol. The van der Waals surface area contributed by atoms with Crippen LogP contribution in [0.3, 0.4) is 0 Å². The number of ether oxygens (including phenoxy) is 1. The number of likely N-dealkylation sites (tertiary alicyclic amines) is 1. The van der Waals surface area contributed by atoms with Gasteiger partial charge in [0.05, 0.1) is 25.2 Å². The van der Waals surface area contributed by atoms with E-state index in [0.717, 1.165) is 25.9 Å². The van der Waals surface area contributed by atoms with Gasteiger partial charge in [0.25, 0.3) is 0 Å². The topological polar surface area (TPSA) is 54.1 Å². The molecule has 0 atom stereocenters. The van der Waals surface area contributed by atoms with E-state index in [9.17, 15) is 13.2 Å². The molecule has 2 saturated heterocycles. The number of alkyl halides is 3. The lowest BCUT2D eigenvalue weighted by atomic mass is 9.83. The maximum Gasteiger partial charge on any atom is 0.391 e. The molecule has 9 heteroatoms. The summed E-state index contributed by atoms with van der Waals surface area (Å²) in [5, 5.41) is 0. The van der Waals surface area contributed by atoms with E-state index in [0.29, 0.717) is 38.3 Å². The first kappa shape index (κ1) is 20.0. The monoisotopic (exact) mass is 462 g/mol. The Morgan fingerprint density at radius 1 is 1.04 bits per heavy atom. The molecule has 2 N–H and O–H groups in total. The van der Waals surface area contributed by atoms with Crippen LogP contribution in [0.2, 0.25) is 0 Å². The van der Waals surface area contributed by atoms with Crippen molar-refractivity contribution in [2.45, 2.75) is 43.9 Å². The maximum atomic E-state index is 12.7. The number of hydrogen-bond donors (Lipinski definition) is 1. The third kappa shape index (κ3) is 4.87. The van der Waals surface area contributed by atoms with Gasteiger partial charge in [0.1, 0.15) is 0 Å². The van der Waals surface area contributed by atoms with E-state index in [-0.39, 0.29) is 42.9 Å². The molecule has 0 aromatic heterocycles. The van der Waals surface area contributed by atoms with Crippen LogP contribution in [-0.4, -0.2) is 73.4 Å². The van der Waals surface area contributed by atoms with Crippen LogP contribution >= 0.6 is 24.0 Å². The van der Waals surface area contributed by atoms with E-state index in [1.165, 1.54) is 0 Å². The second kappa shape index (κ2) is 8.39. The van der Waals surface area contributed by atoms with Gasteiger partial charge in [-0.15, -0.1) is 24.0 Å². The third-order valence-corrected chi connectivity index (χ3v) is 5.25. The van der Waals surface area contributed by atoms with Gasteiger partial charge in [-0.25, -0.2) is 4.99 Å². The fourth-order valence-corrected chi connectivity index (χ4v) is 3.62. The summed E-state index contributed by atoms with van der Waals surface area (Å²) in [6.07, 6.45) is -1.78. The minimum atomic E-state index is -4.04. The number of morpholine rings is 1. The van der Waals surface area contributed by atoms with Gasteiger partial charge < -0.3 is 20.3 Å². The van der Waals surface area contributed by atoms with Crippen molar-refractivity contribution in [3.05, 3.63) is 0 Å². The van der Waals surface area contributed by atoms with Gasteiger partial charge in [0.2, 0.25) is 0 Å². The zero-order valence-electron chi connectivity index (χ0n) is 13.7. The molecule has 2 heterocycles. The van der Waals surface area contributed by atoms with E-state index in [1.54, 1.807) is 0 Å². The predicted octanol–water partition coefficient (Wildman–Crippen LogP) is 2.06. The van der Waals surface area contributed by atoms with Crippen LogP contribution in [0.5, 0.6) is 0 Å². The molecule has 140 valence electrons. The molecule has 0 unspecified atom stereocenters. The number of nitrogens with zero attached hydrogens (tertiary/aromatic N) is 3. The number of hydrogen-bond acceptors (Lipinski definition) is 3. The molecule has 3 fully saturated rings. The van der Waals surface area contributed by atoms with Crippen LogP contribution in [0.25, 0.3) is 0 Å². The molecule has 24 heavy (non-hydrogen) atoms. The molecular formula is C15H26F3IN4O. The number of guanidine groups is 1. The third-order valence-electron chi connectivity index (χ3n) is 5.25. The van der Waals surface area contributed by atoms with Crippen molar-refractivity contribution >= 4 is 29.9 Å². The molecule has 2 aliphatic heterocycles. The second-order valence-corrected chi connectivity index (χ2v) is 6.72. The Labute approximate surface area is 157 Å². The van der Waals surface area contributed by atoms with Gasteiger partial charge in [0.15, 0.2) is 5.96 Å². The average Bonchev–Trinajstić information content (AvgIpc) is 2.50. The van der Waals surface area contributed by atoms with E-state index in [4.69, 9.17) is 10.5 Å². The maximum absolute atomic E-state index is 12.7. The minimum Gasteiger partial charge on any atom is -0.378 e. The summed E-state index contributed by atoms with van der Waals surface area (Å²) in [5.41, 5.74) is 6.03. The molecule has 3 aliphatic rings. The molecule has 0 spiro atoms. The van der Waals surface area contributed by atoms with Gasteiger partial charge in [-0.1, -0.05) is 0 Å². The summed E-state index contributed by atoms with van der Waals surface area (Å²) in [6.45, 7) is 4.00. The zero-order valence-corrected chi connectivity index (χ0v) is 16.0. The molecule has 0 bridgehead atoms. The van der Waals surface area contributed by atoms with E-state index < -0.39 is 12.1 Å². The van der Waals surface area contributed by atoms with Gasteiger partial charge in [-0.05, 0) is 38.8 Å². The Kier molecular flexibility index (Phi) is 7.00. The summed E-state index contributed by atoms with van der Waals surface area (Å²) in [7, 11) is 0. The summed E-state index contributed by atoms with van der Waals surface area (Å²) >= 11 is 0. The van der Waals surface area contributed by atoms with Crippen molar-refractivity contribution in [1.82, 2.24) is 9.80 Å². The van der Waals surface area contributed by atoms with Crippen molar-refractivity contribution in [1.29, 1.82) is 0 Å². The highest BCUT2D eigenvalue weighted by molar-refractivity contribution is 14.0. The Morgan fingerprint density at radius 3 is 2.17 bits per heavy atom.